The van der Waals surface area contributed by atoms with Gasteiger partial charge in [-0.1, -0.05) is 6.07 Å². The summed E-state index contributed by atoms with van der Waals surface area (Å²) in [4.78, 5) is 18.9. The van der Waals surface area contributed by atoms with Crippen LogP contribution in [0.15, 0.2) is 36.5 Å². The van der Waals surface area contributed by atoms with Crippen LogP contribution in [0.5, 0.6) is 0 Å². The number of likely N-dealkylation sites (tertiary alicyclic amines) is 1. The Morgan fingerprint density at radius 3 is 2.32 bits per heavy atom. The lowest BCUT2D eigenvalue weighted by Crippen LogP contribution is -2.62. The molecular weight excluding hydrogens is 514 g/mol. The summed E-state index contributed by atoms with van der Waals surface area (Å²) in [6.45, 7) is 3.64. The molecule has 3 N–H and O–H groups in total. The fourth-order valence-electron chi connectivity index (χ4n) is 5.12. The van der Waals surface area contributed by atoms with E-state index in [9.17, 15) is 36.2 Å². The number of nitrogens with zero attached hydrogens (tertiary/aromatic N) is 2. The van der Waals surface area contributed by atoms with E-state index in [0.29, 0.717) is 24.9 Å². The average Bonchev–Trinajstić information content (AvgIpc) is 2.82. The number of amides is 1. The second kappa shape index (κ2) is 10.8. The van der Waals surface area contributed by atoms with E-state index >= 15 is 0 Å². The van der Waals surface area contributed by atoms with Gasteiger partial charge in [-0.15, -0.1) is 0 Å². The maximum absolute atomic E-state index is 13.2. The molecule has 2 heterocycles. The maximum atomic E-state index is 13.2. The molecule has 1 aromatic carbocycles. The number of carbonyl (C=O) groups excluding carboxylic acids is 1. The highest BCUT2D eigenvalue weighted by molar-refractivity contribution is 5.96. The summed E-state index contributed by atoms with van der Waals surface area (Å²) >= 11 is 0. The first-order valence-corrected chi connectivity index (χ1v) is 12.5. The minimum Gasteiger partial charge on any atom is -0.385 e. The molecule has 2 aliphatic rings. The molecule has 6 nitrogen and oxygen atoms in total. The van der Waals surface area contributed by atoms with Gasteiger partial charge in [-0.3, -0.25) is 14.7 Å². The monoisotopic (exact) mass is 544 g/mol. The van der Waals surface area contributed by atoms with Gasteiger partial charge in [0.25, 0.3) is 5.91 Å². The van der Waals surface area contributed by atoms with Crippen LogP contribution in [0.4, 0.5) is 26.3 Å². The summed E-state index contributed by atoms with van der Waals surface area (Å²) in [7, 11) is 0. The van der Waals surface area contributed by atoms with Crippen LogP contribution >= 0.6 is 0 Å². The smallest absolute Gasteiger partial charge is 0.385 e. The fourth-order valence-corrected chi connectivity index (χ4v) is 5.12. The molecule has 1 saturated heterocycles. The molecule has 1 aliphatic heterocycles. The summed E-state index contributed by atoms with van der Waals surface area (Å²) < 4.78 is 78.5. The van der Waals surface area contributed by atoms with Gasteiger partial charge in [0.1, 0.15) is 0 Å². The highest BCUT2D eigenvalue weighted by atomic mass is 19.4. The van der Waals surface area contributed by atoms with Crippen LogP contribution in [0.2, 0.25) is 0 Å². The van der Waals surface area contributed by atoms with Crippen LogP contribution < -0.4 is 10.6 Å². The van der Waals surface area contributed by atoms with Crippen molar-refractivity contribution in [2.45, 2.75) is 62.6 Å². The van der Waals surface area contributed by atoms with E-state index in [2.05, 4.69) is 20.5 Å². The van der Waals surface area contributed by atoms with E-state index in [0.717, 1.165) is 37.2 Å². The lowest BCUT2D eigenvalue weighted by Gasteiger charge is -2.48. The number of halogens is 6. The number of aliphatic hydroxyl groups is 1. The zero-order valence-electron chi connectivity index (χ0n) is 20.8. The molecular formula is C26H30F6N4O2. The summed E-state index contributed by atoms with van der Waals surface area (Å²) in [6.07, 6.45) is -5.15. The van der Waals surface area contributed by atoms with Crippen LogP contribution in [0.25, 0.3) is 0 Å². The summed E-state index contributed by atoms with van der Waals surface area (Å²) in [5, 5.41) is 16.5. The fraction of sp³-hybridized carbons (Fsp3) is 0.538. The van der Waals surface area contributed by atoms with Crippen molar-refractivity contribution in [2.24, 2.45) is 0 Å². The Balaban J connectivity index is 1.20. The van der Waals surface area contributed by atoms with E-state index in [-0.39, 0.29) is 31.3 Å². The van der Waals surface area contributed by atoms with Crippen LogP contribution in [-0.2, 0) is 18.0 Å². The molecule has 38 heavy (non-hydrogen) atoms. The molecule has 1 saturated carbocycles. The van der Waals surface area contributed by atoms with Crippen molar-refractivity contribution in [2.75, 3.05) is 26.2 Å². The Morgan fingerprint density at radius 1 is 1.05 bits per heavy atom. The highest BCUT2D eigenvalue weighted by Crippen LogP contribution is 2.39. The first-order chi connectivity index (χ1) is 17.8. The van der Waals surface area contributed by atoms with Crippen LogP contribution in [0.3, 0.4) is 0 Å². The standard InChI is InChI=1S/C26H30F6N4O2/c1-16-2-3-18(13-35-16)24(38)8-6-20(7-9-24)36-14-19(15-36)33-10-11-34-23(37)21-12-17(25(27,28)29)4-5-22(21)26(30,31)32/h2-5,12-13,19-20,33,38H,6-11,14-15H2,1H3,(H,34,37). The van der Waals surface area contributed by atoms with Crippen molar-refractivity contribution in [3.63, 3.8) is 0 Å². The number of carbonyl (C=O) groups is 1. The third-order valence-corrected chi connectivity index (χ3v) is 7.40. The molecule has 0 bridgehead atoms. The van der Waals surface area contributed by atoms with Crippen molar-refractivity contribution in [1.82, 2.24) is 20.5 Å². The van der Waals surface area contributed by atoms with E-state index in [1.54, 1.807) is 6.20 Å². The van der Waals surface area contributed by atoms with Gasteiger partial charge in [-0.2, -0.15) is 26.3 Å². The van der Waals surface area contributed by atoms with Crippen LogP contribution in [0.1, 0.15) is 58.4 Å². The van der Waals surface area contributed by atoms with Gasteiger partial charge in [-0.25, -0.2) is 0 Å². The summed E-state index contributed by atoms with van der Waals surface area (Å²) in [5.74, 6) is -1.21. The second-order valence-corrected chi connectivity index (χ2v) is 10.1. The van der Waals surface area contributed by atoms with Crippen molar-refractivity contribution >= 4 is 5.91 Å². The number of hydrogen-bond donors (Lipinski definition) is 3. The zero-order valence-corrected chi connectivity index (χ0v) is 20.8. The molecule has 2 fully saturated rings. The molecule has 0 radical (unpaired) electrons. The summed E-state index contributed by atoms with van der Waals surface area (Å²) in [5.41, 5.74) is -2.93. The molecule has 1 aromatic heterocycles. The van der Waals surface area contributed by atoms with Crippen LogP contribution in [0, 0.1) is 6.92 Å². The Morgan fingerprint density at radius 2 is 1.74 bits per heavy atom. The lowest BCUT2D eigenvalue weighted by molar-refractivity contribution is -0.141. The Bertz CT molecular complexity index is 1120. The Labute approximate surface area is 216 Å². The zero-order chi connectivity index (χ0) is 27.7. The minimum atomic E-state index is -4.96. The molecule has 1 amide bonds. The first kappa shape index (κ1) is 28.3. The third-order valence-electron chi connectivity index (χ3n) is 7.40. The number of rotatable bonds is 7. The number of nitrogens with one attached hydrogen (secondary N) is 2. The molecule has 0 atom stereocenters. The topological polar surface area (TPSA) is 77.5 Å². The first-order valence-electron chi connectivity index (χ1n) is 12.5. The predicted molar refractivity (Wildman–Crippen MR) is 127 cm³/mol. The second-order valence-electron chi connectivity index (χ2n) is 10.1. The quantitative estimate of drug-likeness (QED) is 0.359. The van der Waals surface area contributed by atoms with Gasteiger partial charge in [-0.05, 0) is 56.9 Å². The van der Waals surface area contributed by atoms with Gasteiger partial charge in [0.05, 0.1) is 22.3 Å². The molecule has 1 aliphatic carbocycles. The SMILES string of the molecule is Cc1ccc(C2(O)CCC(N3CC(NCCNC(=O)c4cc(C(F)(F)F)ccc4C(F)(F)F)C3)CC2)cn1. The highest BCUT2D eigenvalue weighted by Gasteiger charge is 2.41. The lowest BCUT2D eigenvalue weighted by atomic mass is 9.77. The van der Waals surface area contributed by atoms with Gasteiger partial charge in [0.2, 0.25) is 0 Å². The molecule has 0 unspecified atom stereocenters. The number of aromatic nitrogens is 1. The van der Waals surface area contributed by atoms with E-state index < -0.39 is 40.6 Å². The minimum absolute atomic E-state index is 0.0378. The van der Waals surface area contributed by atoms with E-state index in [1.165, 1.54) is 0 Å². The van der Waals surface area contributed by atoms with Crippen molar-refractivity contribution in [3.05, 3.63) is 64.5 Å². The molecule has 2 aromatic rings. The summed E-state index contributed by atoms with van der Waals surface area (Å²) in [6, 6.07) is 5.11. The number of aryl methyl sites for hydroxylation is 1. The Kier molecular flexibility index (Phi) is 8.06. The maximum Gasteiger partial charge on any atom is 0.417 e. The largest absolute Gasteiger partial charge is 0.417 e. The van der Waals surface area contributed by atoms with Crippen molar-refractivity contribution in [3.8, 4) is 0 Å². The van der Waals surface area contributed by atoms with Crippen LogP contribution in [-0.4, -0.2) is 59.2 Å². The van der Waals surface area contributed by atoms with Gasteiger partial charge < -0.3 is 15.7 Å². The van der Waals surface area contributed by atoms with Crippen molar-refractivity contribution < 1.29 is 36.2 Å². The normalized spacial score (nSPS) is 23.2. The third kappa shape index (κ3) is 6.47. The number of pyridine rings is 1. The molecule has 0 spiro atoms. The van der Waals surface area contributed by atoms with E-state index in [1.807, 2.05) is 19.1 Å². The molecule has 12 heteroatoms. The van der Waals surface area contributed by atoms with Crippen molar-refractivity contribution in [1.29, 1.82) is 0 Å². The van der Waals surface area contributed by atoms with E-state index in [4.69, 9.17) is 0 Å². The Hall–Kier alpha value is -2.70. The average molecular weight is 545 g/mol. The predicted octanol–water partition coefficient (Wildman–Crippen LogP) is 4.26. The van der Waals surface area contributed by atoms with Gasteiger partial charge in [0, 0.05) is 55.7 Å². The molecule has 4 rings (SSSR count). The van der Waals surface area contributed by atoms with Gasteiger partial charge in [0.15, 0.2) is 0 Å². The molecule has 208 valence electrons. The number of alkyl halides is 6. The number of benzene rings is 1. The number of hydrogen-bond acceptors (Lipinski definition) is 5. The van der Waals surface area contributed by atoms with Gasteiger partial charge >= 0.3 is 12.4 Å².